The van der Waals surface area contributed by atoms with E-state index in [2.05, 4.69) is 41.3 Å². The molecule has 2 aliphatic heterocycles. The summed E-state index contributed by atoms with van der Waals surface area (Å²) in [4.78, 5) is 7.31. The van der Waals surface area contributed by atoms with Gasteiger partial charge >= 0.3 is 0 Å². The molecule has 5 nitrogen and oxygen atoms in total. The fourth-order valence-electron chi connectivity index (χ4n) is 4.89. The molecule has 0 amide bonds. The maximum atomic E-state index is 5.72. The van der Waals surface area contributed by atoms with E-state index in [4.69, 9.17) is 19.2 Å². The normalized spacial score (nSPS) is 16.9. The molecule has 3 aromatic rings. The summed E-state index contributed by atoms with van der Waals surface area (Å²) in [7, 11) is 1.68. The molecule has 1 fully saturated rings. The van der Waals surface area contributed by atoms with Crippen LogP contribution in [0.1, 0.15) is 30.4 Å². The van der Waals surface area contributed by atoms with E-state index in [0.717, 1.165) is 42.3 Å². The minimum absolute atomic E-state index is 0.645. The van der Waals surface area contributed by atoms with E-state index in [9.17, 15) is 0 Å². The molecule has 0 spiro atoms. The molecule has 0 unspecified atom stereocenters. The lowest BCUT2D eigenvalue weighted by molar-refractivity contribution is 0.170. The number of para-hydroxylation sites is 1. The molecular weight excluding hydrogens is 400 g/mol. The van der Waals surface area contributed by atoms with E-state index >= 15 is 0 Å². The molecule has 5 heteroatoms. The average molecular weight is 433 g/mol. The predicted molar refractivity (Wildman–Crippen MR) is 127 cm³/mol. The zero-order chi connectivity index (χ0) is 21.8. The third kappa shape index (κ3) is 4.83. The molecule has 0 bridgehead atoms. The van der Waals surface area contributed by atoms with Crippen molar-refractivity contribution in [3.05, 3.63) is 59.7 Å². The molecule has 0 atom stereocenters. The van der Waals surface area contributed by atoms with Crippen LogP contribution in [0.15, 0.2) is 48.5 Å². The standard InChI is InChI=1S/C27H32N2O3/c1-30-26-10-8-23-4-2-3-22(27(23)28-26)7-5-20-11-14-29(15-12-20)16-13-21-6-9-24-25(19-21)32-18-17-31-24/h2-4,6,8-10,19-20H,5,7,11-18H2,1H3. The number of ether oxygens (including phenoxy) is 3. The van der Waals surface area contributed by atoms with Crippen LogP contribution in [0.5, 0.6) is 17.4 Å². The number of methoxy groups -OCH3 is 1. The van der Waals surface area contributed by atoms with Gasteiger partial charge in [-0.25, -0.2) is 4.98 Å². The summed E-state index contributed by atoms with van der Waals surface area (Å²) in [6.45, 7) is 4.78. The summed E-state index contributed by atoms with van der Waals surface area (Å²) >= 11 is 0. The number of aryl methyl sites for hydroxylation is 1. The molecule has 1 saturated heterocycles. The van der Waals surface area contributed by atoms with E-state index in [1.807, 2.05) is 12.1 Å². The van der Waals surface area contributed by atoms with E-state index in [1.165, 1.54) is 48.9 Å². The van der Waals surface area contributed by atoms with Gasteiger partial charge in [-0.15, -0.1) is 0 Å². The Hall–Kier alpha value is -2.79. The van der Waals surface area contributed by atoms with Crippen molar-refractivity contribution in [1.82, 2.24) is 9.88 Å². The van der Waals surface area contributed by atoms with E-state index < -0.39 is 0 Å². The Balaban J connectivity index is 1.10. The molecule has 5 rings (SSSR count). The number of pyridine rings is 1. The Morgan fingerprint density at radius 1 is 0.969 bits per heavy atom. The monoisotopic (exact) mass is 432 g/mol. The van der Waals surface area contributed by atoms with Crippen LogP contribution in [0.2, 0.25) is 0 Å². The van der Waals surface area contributed by atoms with Gasteiger partial charge in [0.15, 0.2) is 11.5 Å². The van der Waals surface area contributed by atoms with Crippen molar-refractivity contribution >= 4 is 10.9 Å². The first-order chi connectivity index (χ1) is 15.8. The third-order valence-electron chi connectivity index (χ3n) is 6.84. The number of nitrogens with zero attached hydrogens (tertiary/aromatic N) is 2. The molecule has 32 heavy (non-hydrogen) atoms. The van der Waals surface area contributed by atoms with E-state index in [-0.39, 0.29) is 0 Å². The Kier molecular flexibility index (Phi) is 6.44. The average Bonchev–Trinajstić information content (AvgIpc) is 2.86. The number of hydrogen-bond acceptors (Lipinski definition) is 5. The summed E-state index contributed by atoms with van der Waals surface area (Å²) in [5.74, 6) is 3.26. The quantitative estimate of drug-likeness (QED) is 0.531. The van der Waals surface area contributed by atoms with Gasteiger partial charge in [-0.1, -0.05) is 24.3 Å². The SMILES string of the molecule is COc1ccc2cccc(CCC3CCN(CCc4ccc5c(c4)OCCO5)CC3)c2n1. The lowest BCUT2D eigenvalue weighted by Gasteiger charge is -2.32. The molecule has 2 aromatic carbocycles. The minimum Gasteiger partial charge on any atom is -0.486 e. The fraction of sp³-hybridized carbons (Fsp3) is 0.444. The molecular formula is C27H32N2O3. The maximum absolute atomic E-state index is 5.72. The van der Waals surface area contributed by atoms with Crippen LogP contribution >= 0.6 is 0 Å². The largest absolute Gasteiger partial charge is 0.486 e. The van der Waals surface area contributed by atoms with E-state index in [1.54, 1.807) is 7.11 Å². The molecule has 0 radical (unpaired) electrons. The summed E-state index contributed by atoms with van der Waals surface area (Å²) in [5.41, 5.74) is 3.75. The van der Waals surface area contributed by atoms with Crippen molar-refractivity contribution in [2.75, 3.05) is 40.0 Å². The number of hydrogen-bond donors (Lipinski definition) is 0. The maximum Gasteiger partial charge on any atom is 0.213 e. The van der Waals surface area contributed by atoms with Crippen molar-refractivity contribution in [2.24, 2.45) is 5.92 Å². The van der Waals surface area contributed by atoms with Gasteiger partial charge in [0.05, 0.1) is 12.6 Å². The van der Waals surface area contributed by atoms with Gasteiger partial charge in [0.2, 0.25) is 5.88 Å². The second-order valence-electron chi connectivity index (χ2n) is 8.89. The van der Waals surface area contributed by atoms with Crippen LogP contribution in [0.4, 0.5) is 0 Å². The number of benzene rings is 2. The van der Waals surface area contributed by atoms with Crippen LogP contribution in [0, 0.1) is 5.92 Å². The molecule has 0 aliphatic carbocycles. The second-order valence-corrected chi connectivity index (χ2v) is 8.89. The molecule has 1 aromatic heterocycles. The lowest BCUT2D eigenvalue weighted by atomic mass is 9.90. The Morgan fingerprint density at radius 2 is 1.81 bits per heavy atom. The number of aromatic nitrogens is 1. The molecule has 0 N–H and O–H groups in total. The topological polar surface area (TPSA) is 43.8 Å². The van der Waals surface area contributed by atoms with Crippen molar-refractivity contribution in [2.45, 2.75) is 32.1 Å². The number of rotatable bonds is 7. The zero-order valence-corrected chi connectivity index (χ0v) is 18.9. The fourth-order valence-corrected chi connectivity index (χ4v) is 4.89. The van der Waals surface area contributed by atoms with Gasteiger partial charge in [0, 0.05) is 18.0 Å². The van der Waals surface area contributed by atoms with Gasteiger partial charge < -0.3 is 19.1 Å². The highest BCUT2D eigenvalue weighted by molar-refractivity contribution is 5.82. The van der Waals surface area contributed by atoms with Gasteiger partial charge in [-0.05, 0) is 80.4 Å². The van der Waals surface area contributed by atoms with Gasteiger partial charge in [-0.3, -0.25) is 0 Å². The number of fused-ring (bicyclic) bond motifs is 2. The smallest absolute Gasteiger partial charge is 0.213 e. The van der Waals surface area contributed by atoms with Gasteiger partial charge in [0.1, 0.15) is 13.2 Å². The van der Waals surface area contributed by atoms with Crippen LogP contribution in [0.25, 0.3) is 10.9 Å². The zero-order valence-electron chi connectivity index (χ0n) is 18.9. The first-order valence-electron chi connectivity index (χ1n) is 11.8. The van der Waals surface area contributed by atoms with Crippen molar-refractivity contribution in [1.29, 1.82) is 0 Å². The molecule has 0 saturated carbocycles. The summed E-state index contributed by atoms with van der Waals surface area (Å²) < 4.78 is 16.7. The van der Waals surface area contributed by atoms with Crippen molar-refractivity contribution in [3.63, 3.8) is 0 Å². The summed E-state index contributed by atoms with van der Waals surface area (Å²) in [5, 5.41) is 1.19. The number of likely N-dealkylation sites (tertiary alicyclic amines) is 1. The molecule has 2 aliphatic rings. The van der Waals surface area contributed by atoms with Crippen molar-refractivity contribution < 1.29 is 14.2 Å². The van der Waals surface area contributed by atoms with E-state index in [0.29, 0.717) is 19.1 Å². The second kappa shape index (κ2) is 9.78. The lowest BCUT2D eigenvalue weighted by Crippen LogP contribution is -2.35. The highest BCUT2D eigenvalue weighted by Gasteiger charge is 2.20. The van der Waals surface area contributed by atoms with Crippen LogP contribution in [0.3, 0.4) is 0 Å². The molecule has 3 heterocycles. The Labute approximate surface area is 190 Å². The number of piperidine rings is 1. The van der Waals surface area contributed by atoms with Crippen LogP contribution in [-0.4, -0.2) is 49.8 Å². The highest BCUT2D eigenvalue weighted by atomic mass is 16.6. The predicted octanol–water partition coefficient (Wildman–Crippen LogP) is 4.90. The van der Waals surface area contributed by atoms with Crippen LogP contribution < -0.4 is 14.2 Å². The van der Waals surface area contributed by atoms with Gasteiger partial charge in [-0.2, -0.15) is 0 Å². The third-order valence-corrected chi connectivity index (χ3v) is 6.84. The Morgan fingerprint density at radius 3 is 2.66 bits per heavy atom. The Bertz CT molecular complexity index is 1060. The minimum atomic E-state index is 0.645. The summed E-state index contributed by atoms with van der Waals surface area (Å²) in [6.07, 6.45) is 5.93. The first-order valence-corrected chi connectivity index (χ1v) is 11.8. The summed E-state index contributed by atoms with van der Waals surface area (Å²) in [6, 6.07) is 16.9. The first kappa shape index (κ1) is 21.1. The van der Waals surface area contributed by atoms with Crippen molar-refractivity contribution in [3.8, 4) is 17.4 Å². The highest BCUT2D eigenvalue weighted by Crippen LogP contribution is 2.31. The van der Waals surface area contributed by atoms with Gasteiger partial charge in [0.25, 0.3) is 0 Å². The van der Waals surface area contributed by atoms with Crippen LogP contribution in [-0.2, 0) is 12.8 Å². The molecule has 168 valence electrons.